The van der Waals surface area contributed by atoms with Gasteiger partial charge in [-0.2, -0.15) is 18.2 Å². The van der Waals surface area contributed by atoms with Gasteiger partial charge in [-0.1, -0.05) is 0 Å². The molecule has 11 heteroatoms. The minimum Gasteiger partial charge on any atom is -0.487 e. The Morgan fingerprint density at radius 1 is 1.23 bits per heavy atom. The molecule has 4 fully saturated rings. The molecule has 0 radical (unpaired) electrons. The number of nitrogens with one attached hydrogen (secondary N) is 1. The minimum atomic E-state index is -4.59. The van der Waals surface area contributed by atoms with E-state index in [9.17, 15) is 22.4 Å². The zero-order valence-corrected chi connectivity index (χ0v) is 18.9. The molecule has 1 aromatic heterocycles. The number of benzene rings is 1. The van der Waals surface area contributed by atoms with Gasteiger partial charge in [-0.3, -0.25) is 4.79 Å². The lowest BCUT2D eigenvalue weighted by atomic mass is 9.85. The molecule has 2 aromatic rings. The standard InChI is InChI=1S/C24H25F4N3O4/c25-17-8-15(1-2-18(17)34-16-6-13-5-14(13)7-16)29-21(32)20-19(9-24(26,27)28)35-22(30-20)31-4-3-23(10-31)11-33-12-23/h1-2,8,13-14,16H,3-7,9-12H2,(H,29,32)/t13-,14?,16?/m1/s1. The molecule has 0 bridgehead atoms. The number of ether oxygens (including phenoxy) is 2. The second-order valence-electron chi connectivity index (χ2n) is 10.3. The molecule has 1 aromatic carbocycles. The van der Waals surface area contributed by atoms with Crippen LogP contribution in [-0.4, -0.2) is 49.5 Å². The van der Waals surface area contributed by atoms with E-state index < -0.39 is 35.8 Å². The number of nitrogens with zero attached hydrogens (tertiary/aromatic N) is 2. The van der Waals surface area contributed by atoms with E-state index in [-0.39, 0.29) is 29.0 Å². The van der Waals surface area contributed by atoms with E-state index in [0.29, 0.717) is 38.1 Å². The number of rotatable bonds is 6. The molecular formula is C24H25F4N3O4. The molecule has 2 aliphatic carbocycles. The summed E-state index contributed by atoms with van der Waals surface area (Å²) in [7, 11) is 0. The summed E-state index contributed by atoms with van der Waals surface area (Å²) in [5.41, 5.74) is -0.418. The van der Waals surface area contributed by atoms with Crippen molar-refractivity contribution in [3.8, 4) is 5.75 Å². The quantitative estimate of drug-likeness (QED) is 0.592. The number of aromatic nitrogens is 1. The topological polar surface area (TPSA) is 76.8 Å². The molecule has 4 aliphatic rings. The Hall–Kier alpha value is -2.82. The molecule has 1 amide bonds. The molecule has 188 valence electrons. The van der Waals surface area contributed by atoms with Crippen molar-refractivity contribution in [2.45, 2.75) is 44.4 Å². The smallest absolute Gasteiger partial charge is 0.396 e. The van der Waals surface area contributed by atoms with Gasteiger partial charge >= 0.3 is 6.18 Å². The van der Waals surface area contributed by atoms with E-state index in [4.69, 9.17) is 13.9 Å². The van der Waals surface area contributed by atoms with Gasteiger partial charge in [0, 0.05) is 30.3 Å². The van der Waals surface area contributed by atoms with E-state index in [0.717, 1.165) is 25.3 Å². The van der Waals surface area contributed by atoms with Crippen molar-refractivity contribution in [3.05, 3.63) is 35.5 Å². The summed E-state index contributed by atoms with van der Waals surface area (Å²) < 4.78 is 70.6. The Kier molecular flexibility index (Phi) is 5.24. The third kappa shape index (κ3) is 4.57. The number of carbonyl (C=O) groups excluding carboxylic acids is 1. The van der Waals surface area contributed by atoms with Crippen LogP contribution in [0.3, 0.4) is 0 Å². The highest BCUT2D eigenvalue weighted by Gasteiger charge is 2.47. The summed E-state index contributed by atoms with van der Waals surface area (Å²) in [5, 5.41) is 2.44. The largest absolute Gasteiger partial charge is 0.487 e. The van der Waals surface area contributed by atoms with Crippen LogP contribution in [0.2, 0.25) is 0 Å². The number of amides is 1. The van der Waals surface area contributed by atoms with Gasteiger partial charge in [0.05, 0.1) is 19.3 Å². The number of hydrogen-bond acceptors (Lipinski definition) is 6. The van der Waals surface area contributed by atoms with E-state index in [1.165, 1.54) is 18.6 Å². The Morgan fingerprint density at radius 3 is 2.63 bits per heavy atom. The van der Waals surface area contributed by atoms with Crippen LogP contribution in [0.15, 0.2) is 22.6 Å². The van der Waals surface area contributed by atoms with Crippen LogP contribution < -0.4 is 15.0 Å². The number of hydrogen-bond donors (Lipinski definition) is 1. The van der Waals surface area contributed by atoms with E-state index in [1.807, 2.05) is 0 Å². The first-order chi connectivity index (χ1) is 16.7. The second-order valence-corrected chi connectivity index (χ2v) is 10.3. The summed E-state index contributed by atoms with van der Waals surface area (Å²) in [6, 6.07) is 3.94. The van der Waals surface area contributed by atoms with Gasteiger partial charge in [-0.05, 0) is 49.7 Å². The number of fused-ring (bicyclic) bond motifs is 1. The Bertz CT molecular complexity index is 1140. The Labute approximate surface area is 198 Å². The molecule has 35 heavy (non-hydrogen) atoms. The summed E-state index contributed by atoms with van der Waals surface area (Å²) >= 11 is 0. The summed E-state index contributed by atoms with van der Waals surface area (Å²) in [4.78, 5) is 18.7. The predicted octanol–water partition coefficient (Wildman–Crippen LogP) is 4.57. The highest BCUT2D eigenvalue weighted by molar-refractivity contribution is 6.03. The Morgan fingerprint density at radius 2 is 2.00 bits per heavy atom. The highest BCUT2D eigenvalue weighted by Crippen LogP contribution is 2.52. The van der Waals surface area contributed by atoms with Gasteiger partial charge in [-0.25, -0.2) is 4.39 Å². The van der Waals surface area contributed by atoms with Crippen LogP contribution in [0.4, 0.5) is 29.3 Å². The molecule has 1 spiro atoms. The maximum atomic E-state index is 14.6. The fourth-order valence-electron chi connectivity index (χ4n) is 5.48. The minimum absolute atomic E-state index is 0.0107. The van der Waals surface area contributed by atoms with Crippen LogP contribution in [0.5, 0.6) is 5.75 Å². The molecule has 7 nitrogen and oxygen atoms in total. The molecule has 2 saturated carbocycles. The van der Waals surface area contributed by atoms with Gasteiger partial charge < -0.3 is 24.1 Å². The van der Waals surface area contributed by atoms with Crippen LogP contribution in [0.1, 0.15) is 41.9 Å². The summed E-state index contributed by atoms with van der Waals surface area (Å²) in [6.07, 6.45) is -2.17. The third-order valence-electron chi connectivity index (χ3n) is 7.47. The fourth-order valence-corrected chi connectivity index (χ4v) is 5.48. The van der Waals surface area contributed by atoms with Crippen molar-refractivity contribution in [3.63, 3.8) is 0 Å². The summed E-state index contributed by atoms with van der Waals surface area (Å²) in [6.45, 7) is 2.25. The zero-order valence-electron chi connectivity index (χ0n) is 18.9. The zero-order chi connectivity index (χ0) is 24.4. The molecule has 6 rings (SSSR count). The molecular weight excluding hydrogens is 470 g/mol. The average Bonchev–Trinajstić information content (AvgIpc) is 3.14. The molecule has 3 atom stereocenters. The maximum Gasteiger partial charge on any atom is 0.396 e. The summed E-state index contributed by atoms with van der Waals surface area (Å²) in [5.74, 6) is -0.648. The Balaban J connectivity index is 1.17. The maximum absolute atomic E-state index is 14.6. The highest BCUT2D eigenvalue weighted by atomic mass is 19.4. The van der Waals surface area contributed by atoms with Crippen molar-refractivity contribution < 1.29 is 36.2 Å². The van der Waals surface area contributed by atoms with Crippen molar-refractivity contribution >= 4 is 17.6 Å². The van der Waals surface area contributed by atoms with Crippen molar-refractivity contribution in [1.82, 2.24) is 4.98 Å². The van der Waals surface area contributed by atoms with Gasteiger partial charge in [0.25, 0.3) is 11.9 Å². The number of halogens is 4. The number of carbonyl (C=O) groups is 1. The van der Waals surface area contributed by atoms with Crippen molar-refractivity contribution in [2.75, 3.05) is 36.5 Å². The molecule has 2 unspecified atom stereocenters. The molecule has 2 saturated heterocycles. The molecule has 2 aliphatic heterocycles. The first-order valence-electron chi connectivity index (χ1n) is 11.8. The van der Waals surface area contributed by atoms with Crippen LogP contribution >= 0.6 is 0 Å². The fraction of sp³-hybridized carbons (Fsp3) is 0.583. The lowest BCUT2D eigenvalue weighted by Gasteiger charge is -2.37. The van der Waals surface area contributed by atoms with Gasteiger partial charge in [0.2, 0.25) is 0 Å². The van der Waals surface area contributed by atoms with Crippen molar-refractivity contribution in [1.29, 1.82) is 0 Å². The number of alkyl halides is 3. The van der Waals surface area contributed by atoms with E-state index in [2.05, 4.69) is 10.3 Å². The lowest BCUT2D eigenvalue weighted by molar-refractivity contribution is -0.130. The SMILES string of the molecule is O=C(Nc1ccc(OC2CC3C[C@@H]3C2)c(F)c1)c1nc(N2CCC3(COC3)C2)oc1CC(F)(F)F. The van der Waals surface area contributed by atoms with Gasteiger partial charge in [0.1, 0.15) is 12.2 Å². The van der Waals surface area contributed by atoms with E-state index >= 15 is 0 Å². The van der Waals surface area contributed by atoms with Crippen molar-refractivity contribution in [2.24, 2.45) is 17.3 Å². The second kappa shape index (κ2) is 8.11. The number of anilines is 2. The van der Waals surface area contributed by atoms with Crippen LogP contribution in [0, 0.1) is 23.1 Å². The number of oxazole rings is 1. The molecule has 3 heterocycles. The van der Waals surface area contributed by atoms with Crippen LogP contribution in [-0.2, 0) is 11.2 Å². The van der Waals surface area contributed by atoms with Crippen LogP contribution in [0.25, 0.3) is 0 Å². The van der Waals surface area contributed by atoms with E-state index in [1.54, 1.807) is 4.90 Å². The van der Waals surface area contributed by atoms with Gasteiger partial charge in [0.15, 0.2) is 17.3 Å². The molecule has 1 N–H and O–H groups in total. The monoisotopic (exact) mass is 495 g/mol. The first kappa shape index (κ1) is 22.6. The average molecular weight is 495 g/mol. The third-order valence-corrected chi connectivity index (χ3v) is 7.47. The first-order valence-corrected chi connectivity index (χ1v) is 11.8. The predicted molar refractivity (Wildman–Crippen MR) is 116 cm³/mol. The normalized spacial score (nSPS) is 26.5. The lowest BCUT2D eigenvalue weighted by Crippen LogP contribution is -2.44. The van der Waals surface area contributed by atoms with Gasteiger partial charge in [-0.15, -0.1) is 0 Å².